The molecule has 0 spiro atoms. The molecule has 15 atom stereocenters. The second kappa shape index (κ2) is 13.5. The molecule has 5 saturated heterocycles. The molecule has 2 bridgehead atoms. The number of ether oxygens (including phenoxy) is 5. The van der Waals surface area contributed by atoms with Gasteiger partial charge in [0, 0.05) is 43.5 Å². The summed E-state index contributed by atoms with van der Waals surface area (Å²) in [6.07, 6.45) is -3.16. The van der Waals surface area contributed by atoms with Gasteiger partial charge < -0.3 is 38.6 Å². The zero-order valence-corrected chi connectivity index (χ0v) is 30.5. The quantitative estimate of drug-likeness (QED) is 0.336. The zero-order valence-electron chi connectivity index (χ0n) is 30.5. The Labute approximate surface area is 284 Å². The van der Waals surface area contributed by atoms with Crippen LogP contribution in [-0.2, 0) is 38.1 Å². The number of rotatable bonds is 5. The minimum Gasteiger partial charge on any atom is -0.458 e. The van der Waals surface area contributed by atoms with Crippen LogP contribution >= 0.6 is 0 Å². The number of aliphatic hydroxyl groups is 1. The van der Waals surface area contributed by atoms with E-state index < -0.39 is 83.4 Å². The van der Waals surface area contributed by atoms with Crippen LogP contribution in [0.15, 0.2) is 0 Å². The van der Waals surface area contributed by atoms with E-state index in [0.29, 0.717) is 25.8 Å². The lowest BCUT2D eigenvalue weighted by molar-refractivity contribution is -0.295. The summed E-state index contributed by atoms with van der Waals surface area (Å²) >= 11 is 0. The zero-order chi connectivity index (χ0) is 35.6. The van der Waals surface area contributed by atoms with E-state index in [9.17, 15) is 24.3 Å². The molecule has 1 N–H and O–H groups in total. The van der Waals surface area contributed by atoms with Crippen molar-refractivity contribution in [3.63, 3.8) is 0 Å². The van der Waals surface area contributed by atoms with Crippen LogP contribution in [0.4, 0.5) is 4.79 Å². The lowest BCUT2D eigenvalue weighted by Crippen LogP contribution is -2.60. The third-order valence-electron chi connectivity index (χ3n) is 12.3. The van der Waals surface area contributed by atoms with E-state index in [1.165, 1.54) is 14.0 Å². The Morgan fingerprint density at radius 1 is 1.04 bits per heavy atom. The monoisotopic (exact) mass is 679 g/mol. The number of likely N-dealkylation sites (N-methyl/N-ethyl adjacent to an activating group) is 2. The van der Waals surface area contributed by atoms with Crippen molar-refractivity contribution in [3.8, 4) is 0 Å². The highest BCUT2D eigenvalue weighted by molar-refractivity contribution is 6.00. The van der Waals surface area contributed by atoms with Crippen molar-refractivity contribution in [1.82, 2.24) is 14.7 Å². The van der Waals surface area contributed by atoms with Crippen molar-refractivity contribution in [3.05, 3.63) is 0 Å². The van der Waals surface area contributed by atoms with Gasteiger partial charge in [0.25, 0.3) is 0 Å². The van der Waals surface area contributed by atoms with Gasteiger partial charge in [-0.2, -0.15) is 0 Å². The van der Waals surface area contributed by atoms with Gasteiger partial charge in [-0.3, -0.25) is 19.3 Å². The number of esters is 1. The Bertz CT molecular complexity index is 1260. The summed E-state index contributed by atoms with van der Waals surface area (Å²) < 4.78 is 31.3. The van der Waals surface area contributed by atoms with E-state index in [1.807, 2.05) is 53.7 Å². The fraction of sp³-hybridized carbons (Fsp3) is 0.886. The highest BCUT2D eigenvalue weighted by atomic mass is 16.7. The molecule has 5 aliphatic heterocycles. The average molecular weight is 680 g/mol. The van der Waals surface area contributed by atoms with Gasteiger partial charge in [0.15, 0.2) is 17.7 Å². The normalized spacial score (nSPS) is 47.5. The van der Waals surface area contributed by atoms with Gasteiger partial charge in [0.2, 0.25) is 0 Å². The summed E-state index contributed by atoms with van der Waals surface area (Å²) in [5, 5.41) is 11.5. The van der Waals surface area contributed by atoms with Crippen LogP contribution in [-0.4, -0.2) is 144 Å². The van der Waals surface area contributed by atoms with Crippen LogP contribution in [0.3, 0.4) is 0 Å². The molecule has 48 heavy (non-hydrogen) atoms. The number of carbonyl (C=O) groups is 4. The van der Waals surface area contributed by atoms with E-state index >= 15 is 0 Å². The Kier molecular flexibility index (Phi) is 10.5. The van der Waals surface area contributed by atoms with Crippen LogP contribution in [0, 0.1) is 23.7 Å². The summed E-state index contributed by atoms with van der Waals surface area (Å²) in [6.45, 7) is 13.0. The largest absolute Gasteiger partial charge is 0.458 e. The van der Waals surface area contributed by atoms with Gasteiger partial charge >= 0.3 is 12.1 Å². The number of nitrogens with zero attached hydrogens (tertiary/aromatic N) is 3. The molecule has 5 heterocycles. The van der Waals surface area contributed by atoms with Gasteiger partial charge in [-0.1, -0.05) is 20.8 Å². The molecular weight excluding hydrogens is 622 g/mol. The number of cyclic esters (lactones) is 1. The summed E-state index contributed by atoms with van der Waals surface area (Å²) in [5.74, 6) is -4.62. The van der Waals surface area contributed by atoms with Gasteiger partial charge in [-0.05, 0) is 74.5 Å². The van der Waals surface area contributed by atoms with Gasteiger partial charge in [-0.25, -0.2) is 4.79 Å². The van der Waals surface area contributed by atoms with Crippen molar-refractivity contribution >= 4 is 23.6 Å². The predicted octanol–water partition coefficient (Wildman–Crippen LogP) is 2.26. The third-order valence-corrected chi connectivity index (χ3v) is 12.3. The number of ketones is 2. The number of carbonyl (C=O) groups excluding carboxylic acids is 4. The second-order valence-electron chi connectivity index (χ2n) is 15.6. The maximum absolute atomic E-state index is 14.9. The van der Waals surface area contributed by atoms with E-state index in [0.717, 1.165) is 0 Å². The summed E-state index contributed by atoms with van der Waals surface area (Å²) in [5.41, 5.74) is -2.58. The van der Waals surface area contributed by atoms with E-state index in [-0.39, 0.29) is 36.4 Å². The number of methoxy groups -OCH3 is 1. The molecule has 5 rings (SSSR count). The van der Waals surface area contributed by atoms with E-state index in [1.54, 1.807) is 18.7 Å². The Morgan fingerprint density at radius 2 is 1.71 bits per heavy atom. The molecule has 272 valence electrons. The molecule has 13 nitrogen and oxygen atoms in total. The van der Waals surface area contributed by atoms with Crippen LogP contribution in [0.2, 0.25) is 0 Å². The molecule has 5 aliphatic rings. The number of likely N-dealkylation sites (tertiary alicyclic amines) is 1. The smallest absolute Gasteiger partial charge is 0.411 e. The fourth-order valence-corrected chi connectivity index (χ4v) is 9.59. The molecule has 5 fully saturated rings. The molecule has 0 aromatic carbocycles. The highest BCUT2D eigenvalue weighted by Gasteiger charge is 2.66. The van der Waals surface area contributed by atoms with Crippen molar-refractivity contribution < 1.29 is 48.0 Å². The molecule has 13 heteroatoms. The van der Waals surface area contributed by atoms with Crippen LogP contribution in [0.25, 0.3) is 0 Å². The molecule has 0 aromatic heterocycles. The topological polar surface area (TPSA) is 144 Å². The van der Waals surface area contributed by atoms with Gasteiger partial charge in [0.05, 0.1) is 29.9 Å². The average Bonchev–Trinajstić information content (AvgIpc) is 3.51. The number of Topliss-reactive ketones (excluding diaryl/α,β-unsaturated/α-hetero) is 2. The number of amides is 1. The molecule has 0 radical (unpaired) electrons. The first-order valence-corrected chi connectivity index (χ1v) is 17.6. The molecule has 0 saturated carbocycles. The van der Waals surface area contributed by atoms with Crippen LogP contribution in [0.5, 0.6) is 0 Å². The van der Waals surface area contributed by atoms with Crippen LogP contribution < -0.4 is 0 Å². The van der Waals surface area contributed by atoms with Crippen molar-refractivity contribution in [1.29, 1.82) is 0 Å². The van der Waals surface area contributed by atoms with Gasteiger partial charge in [-0.15, -0.1) is 0 Å². The molecular formula is C35H57N3O10. The molecule has 2 unspecified atom stereocenters. The number of hydrogen-bond acceptors (Lipinski definition) is 12. The minimum atomic E-state index is -1.32. The standard InChI is InChI=1S/C35H57N3O10/c1-12-24-35(7)29-18(3)27(40)21(25-22(13-14-37(25)10)38(29)33(43)48-35)16-34(6,44-11)30(19(4)26(39)20(5)31(42)46-24)47-32-28(41)23(36(8)9)15-17(2)45-32/h17-25,28-30,32,41H,12-16H2,1-11H3/t17-,18+,19+,20-,21+,22?,23+,24-,25?,28-,29-,30-,32+,34-,35-/m1/s1. The van der Waals surface area contributed by atoms with E-state index in [2.05, 4.69) is 4.90 Å². The predicted molar refractivity (Wildman–Crippen MR) is 174 cm³/mol. The van der Waals surface area contributed by atoms with Crippen molar-refractivity contribution in [2.75, 3.05) is 34.8 Å². The second-order valence-corrected chi connectivity index (χ2v) is 15.6. The summed E-state index contributed by atoms with van der Waals surface area (Å²) in [6, 6.07) is -1.66. The number of fused-ring (bicyclic) bond motifs is 5. The Hall–Kier alpha value is -2.16. The van der Waals surface area contributed by atoms with Crippen molar-refractivity contribution in [2.45, 2.75) is 140 Å². The van der Waals surface area contributed by atoms with Gasteiger partial charge in [0.1, 0.15) is 23.9 Å². The van der Waals surface area contributed by atoms with E-state index in [4.69, 9.17) is 23.7 Å². The molecule has 0 aliphatic carbocycles. The lowest BCUT2D eigenvalue weighted by Gasteiger charge is -2.47. The first-order chi connectivity index (χ1) is 22.4. The van der Waals surface area contributed by atoms with Crippen LogP contribution in [0.1, 0.15) is 74.1 Å². The third kappa shape index (κ3) is 6.00. The minimum absolute atomic E-state index is 0.0568. The maximum atomic E-state index is 14.9. The first-order valence-electron chi connectivity index (χ1n) is 17.6. The molecule has 0 aromatic rings. The fourth-order valence-electron chi connectivity index (χ4n) is 9.59. The summed E-state index contributed by atoms with van der Waals surface area (Å²) in [4.78, 5) is 62.5. The number of aliphatic hydroxyl groups excluding tert-OH is 1. The summed E-state index contributed by atoms with van der Waals surface area (Å²) in [7, 11) is 7.25. The lowest BCUT2D eigenvalue weighted by atomic mass is 9.72. The number of hydrogen-bond donors (Lipinski definition) is 1. The molecule has 1 amide bonds. The Balaban J connectivity index is 1.66. The van der Waals surface area contributed by atoms with Crippen molar-refractivity contribution in [2.24, 2.45) is 23.7 Å². The first kappa shape index (κ1) is 37.1. The SMILES string of the molecule is CC[C@H]1OC(=O)[C@H](C)C(=O)[C@H](C)[C@@H](O[C@@H]2O[C@H](C)C[C@H](N(C)C)[C@H]2O)[C@](C)(OC)C[C@@H]2C(=O)[C@H](C)[C@H]3N(C(=O)O[C@]13C)C1CCN(C)C12. The Morgan fingerprint density at radius 3 is 2.31 bits per heavy atom. The maximum Gasteiger partial charge on any atom is 0.411 e. The highest BCUT2D eigenvalue weighted by Crippen LogP contribution is 2.49.